The van der Waals surface area contributed by atoms with Crippen LogP contribution in [0.5, 0.6) is 0 Å². The van der Waals surface area contributed by atoms with Gasteiger partial charge in [0, 0.05) is 6.42 Å². The number of unbranched alkanes of at least 4 members (excludes halogenated alkanes) is 24. The van der Waals surface area contributed by atoms with Gasteiger partial charge in [-0.2, -0.15) is 0 Å². The highest BCUT2D eigenvalue weighted by molar-refractivity contribution is 7.47. The van der Waals surface area contributed by atoms with Crippen LogP contribution in [0.1, 0.15) is 264 Å². The molecule has 3 atom stereocenters. The van der Waals surface area contributed by atoms with E-state index in [9.17, 15) is 19.4 Å². The predicted octanol–water partition coefficient (Wildman–Crippen LogP) is 21.0. The maximum absolute atomic E-state index is 13.0. The Morgan fingerprint density at radius 3 is 1.09 bits per heavy atom. The number of nitrogens with zero attached hydrogens (tertiary/aromatic N) is 1. The minimum atomic E-state index is -4.34. The van der Waals surface area contributed by atoms with Gasteiger partial charge in [0.15, 0.2) is 0 Å². The Morgan fingerprint density at radius 1 is 0.432 bits per heavy atom. The molecule has 0 aromatic carbocycles. The van der Waals surface area contributed by atoms with Crippen molar-refractivity contribution in [2.45, 2.75) is 276 Å². The van der Waals surface area contributed by atoms with Crippen molar-refractivity contribution in [3.63, 3.8) is 0 Å². The molecule has 0 heterocycles. The first kappa shape index (κ1) is 77.6. The van der Waals surface area contributed by atoms with Crippen LogP contribution in [0.25, 0.3) is 0 Å². The van der Waals surface area contributed by atoms with Gasteiger partial charge in [-0.15, -0.1) is 0 Å². The summed E-state index contributed by atoms with van der Waals surface area (Å²) in [7, 11) is 1.60. The number of phosphoric ester groups is 1. The number of aliphatic hydroxyl groups is 1. The zero-order chi connectivity index (χ0) is 59.1. The summed E-state index contributed by atoms with van der Waals surface area (Å²) in [6, 6.07) is -0.776. The van der Waals surface area contributed by atoms with Gasteiger partial charge in [-0.1, -0.05) is 295 Å². The van der Waals surface area contributed by atoms with E-state index in [1.165, 1.54) is 116 Å². The fraction of sp³-hybridized carbons (Fsp3) is 0.681. The molecule has 3 unspecified atom stereocenters. The molecule has 0 radical (unpaired) electrons. The number of hydrogen-bond acceptors (Lipinski definition) is 5. The van der Waals surface area contributed by atoms with E-state index in [-0.39, 0.29) is 19.1 Å². The number of quaternary nitrogens is 1. The summed E-state index contributed by atoms with van der Waals surface area (Å²) < 4.78 is 23.8. The summed E-state index contributed by atoms with van der Waals surface area (Å²) in [5.74, 6) is -0.159. The number of phosphoric acid groups is 1. The van der Waals surface area contributed by atoms with E-state index in [4.69, 9.17) is 9.05 Å². The number of carbonyl (C=O) groups is 1. The number of amides is 1. The average Bonchev–Trinajstić information content (AvgIpc) is 3.43. The van der Waals surface area contributed by atoms with Crippen molar-refractivity contribution >= 4 is 13.7 Å². The second-order valence-corrected chi connectivity index (χ2v) is 24.6. The lowest BCUT2D eigenvalue weighted by atomic mass is 10.0. The monoisotopic (exact) mass is 1150 g/mol. The van der Waals surface area contributed by atoms with Gasteiger partial charge in [-0.3, -0.25) is 13.8 Å². The molecule has 0 aliphatic heterocycles. The van der Waals surface area contributed by atoms with Crippen molar-refractivity contribution in [2.24, 2.45) is 0 Å². The van der Waals surface area contributed by atoms with Crippen LogP contribution in [0.4, 0.5) is 0 Å². The quantitative estimate of drug-likeness (QED) is 0.0243. The van der Waals surface area contributed by atoms with E-state index >= 15 is 0 Å². The molecule has 0 aromatic heterocycles. The molecular formula is C72H126N2O6P+. The molecule has 0 bridgehead atoms. The third-order valence-corrected chi connectivity index (χ3v) is 15.1. The van der Waals surface area contributed by atoms with E-state index in [0.29, 0.717) is 23.9 Å². The fourth-order valence-electron chi connectivity index (χ4n) is 9.05. The number of likely N-dealkylation sites (N-methyl/N-ethyl adjacent to an activating group) is 1. The molecule has 0 fully saturated rings. The van der Waals surface area contributed by atoms with Gasteiger partial charge in [-0.05, 0) is 96.3 Å². The van der Waals surface area contributed by atoms with Gasteiger partial charge in [0.05, 0.1) is 39.9 Å². The summed E-state index contributed by atoms with van der Waals surface area (Å²) in [6.07, 6.45) is 92.4. The van der Waals surface area contributed by atoms with E-state index in [0.717, 1.165) is 122 Å². The van der Waals surface area contributed by atoms with Crippen molar-refractivity contribution in [3.05, 3.63) is 134 Å². The summed E-state index contributed by atoms with van der Waals surface area (Å²) in [5.41, 5.74) is 0. The molecule has 8 nitrogen and oxygen atoms in total. The summed E-state index contributed by atoms with van der Waals surface area (Å²) in [4.78, 5) is 23.4. The molecule has 3 N–H and O–H groups in total. The smallest absolute Gasteiger partial charge is 0.391 e. The first-order valence-electron chi connectivity index (χ1n) is 33.0. The molecule has 0 aliphatic rings. The Balaban J connectivity index is 4.13. The molecule has 0 saturated carbocycles. The van der Waals surface area contributed by atoms with Gasteiger partial charge < -0.3 is 19.8 Å². The lowest BCUT2D eigenvalue weighted by Crippen LogP contribution is -2.46. The fourth-order valence-corrected chi connectivity index (χ4v) is 9.79. The van der Waals surface area contributed by atoms with Crippen LogP contribution in [0.15, 0.2) is 134 Å². The molecule has 464 valence electrons. The minimum Gasteiger partial charge on any atom is -0.391 e. The maximum Gasteiger partial charge on any atom is 0.472 e. The lowest BCUT2D eigenvalue weighted by molar-refractivity contribution is -0.870. The molecule has 9 heteroatoms. The SMILES string of the molecule is CC/C=C\C/C=C\C/C=C\C/C=C\C/C=C\C/C=C\C/C=C\C/C=C\C/C=C\C/C=C\C/C=C\CCCCCCCCCC(=O)NC(COP(=O)(O)OCC[N+](C)(C)C)C(O)CCCCCCCCCCCCCCCCCCCC. The van der Waals surface area contributed by atoms with Crippen LogP contribution < -0.4 is 5.32 Å². The van der Waals surface area contributed by atoms with Gasteiger partial charge in [0.25, 0.3) is 0 Å². The van der Waals surface area contributed by atoms with E-state index in [2.05, 4.69) is 153 Å². The molecule has 0 spiro atoms. The molecule has 0 rings (SSSR count). The number of allylic oxidation sites excluding steroid dienone is 22. The standard InChI is InChI=1S/C72H125N2O6P/c1-6-8-10-12-14-16-18-20-22-24-26-27-28-29-30-31-32-33-34-35-36-37-38-39-40-41-42-43-44-45-46-47-48-50-52-54-56-58-60-62-64-66-72(76)73-70(69-80-81(77,78)79-68-67-74(3,4)5)71(75)65-63-61-59-57-55-53-51-49-25-23-21-19-17-15-13-11-9-7-2/h8,10,14,16,20,22,26-27,29-30,32-33,35-36,38-39,41-42,44-45,47-48,70-71,75H,6-7,9,11-13,15,17-19,21,23-25,28,31,34,37,40,43,46,49-69H2,1-5H3,(H-,73,76,77,78)/p+1/b10-8-,16-14-,22-20-,27-26-,30-29-,33-32-,36-35-,39-38-,42-41-,45-44-,48-47-. The molecular weight excluding hydrogens is 1020 g/mol. The Bertz CT molecular complexity index is 1780. The van der Waals surface area contributed by atoms with Gasteiger partial charge in [-0.25, -0.2) is 4.57 Å². The average molecular weight is 1150 g/mol. The summed E-state index contributed by atoms with van der Waals surface area (Å²) in [5, 5.41) is 14.1. The van der Waals surface area contributed by atoms with Crippen LogP contribution in [0, 0.1) is 0 Å². The van der Waals surface area contributed by atoms with E-state index < -0.39 is 20.0 Å². The summed E-state index contributed by atoms with van der Waals surface area (Å²) in [6.45, 7) is 4.77. The van der Waals surface area contributed by atoms with Gasteiger partial charge in [0.2, 0.25) is 5.91 Å². The lowest BCUT2D eigenvalue weighted by Gasteiger charge is -2.26. The largest absolute Gasteiger partial charge is 0.472 e. The molecule has 81 heavy (non-hydrogen) atoms. The highest BCUT2D eigenvalue weighted by atomic mass is 31.2. The Kier molecular flexibility index (Phi) is 58.7. The predicted molar refractivity (Wildman–Crippen MR) is 355 cm³/mol. The molecule has 0 aliphatic carbocycles. The zero-order valence-electron chi connectivity index (χ0n) is 53.0. The zero-order valence-corrected chi connectivity index (χ0v) is 53.9. The van der Waals surface area contributed by atoms with Gasteiger partial charge >= 0.3 is 7.82 Å². The topological polar surface area (TPSA) is 105 Å². The van der Waals surface area contributed by atoms with Crippen molar-refractivity contribution in [3.8, 4) is 0 Å². The van der Waals surface area contributed by atoms with E-state index in [1.807, 2.05) is 21.1 Å². The Morgan fingerprint density at radius 2 is 0.741 bits per heavy atom. The Labute approximate surface area is 500 Å². The molecule has 0 saturated heterocycles. The molecule has 1 amide bonds. The number of nitrogens with one attached hydrogen (secondary N) is 1. The number of carbonyl (C=O) groups excluding carboxylic acids is 1. The van der Waals surface area contributed by atoms with Gasteiger partial charge in [0.1, 0.15) is 13.2 Å². The first-order chi connectivity index (χ1) is 39.5. The second kappa shape index (κ2) is 61.2. The third kappa shape index (κ3) is 64.1. The second-order valence-electron chi connectivity index (χ2n) is 23.1. The number of rotatable bonds is 59. The highest BCUT2D eigenvalue weighted by Crippen LogP contribution is 2.43. The number of hydrogen-bond donors (Lipinski definition) is 3. The normalized spacial score (nSPS) is 14.6. The third-order valence-electron chi connectivity index (χ3n) is 14.2. The molecule has 0 aromatic rings. The van der Waals surface area contributed by atoms with Crippen LogP contribution in [-0.2, 0) is 18.4 Å². The minimum absolute atomic E-state index is 0.0664. The van der Waals surface area contributed by atoms with Crippen LogP contribution in [-0.4, -0.2) is 73.4 Å². The van der Waals surface area contributed by atoms with Crippen LogP contribution in [0.3, 0.4) is 0 Å². The maximum atomic E-state index is 13.0. The Hall–Kier alpha value is -3.36. The van der Waals surface area contributed by atoms with Crippen molar-refractivity contribution < 1.29 is 32.9 Å². The van der Waals surface area contributed by atoms with Crippen LogP contribution in [0.2, 0.25) is 0 Å². The van der Waals surface area contributed by atoms with Crippen molar-refractivity contribution in [1.29, 1.82) is 0 Å². The van der Waals surface area contributed by atoms with Crippen molar-refractivity contribution in [1.82, 2.24) is 5.32 Å². The highest BCUT2D eigenvalue weighted by Gasteiger charge is 2.28. The van der Waals surface area contributed by atoms with Crippen LogP contribution >= 0.6 is 7.82 Å². The summed E-state index contributed by atoms with van der Waals surface area (Å²) >= 11 is 0. The first-order valence-corrected chi connectivity index (χ1v) is 34.5. The van der Waals surface area contributed by atoms with E-state index in [1.54, 1.807) is 0 Å². The number of aliphatic hydroxyl groups excluding tert-OH is 1. The van der Waals surface area contributed by atoms with Crippen molar-refractivity contribution in [2.75, 3.05) is 40.9 Å².